The molecule has 80 valence electrons. The van der Waals surface area contributed by atoms with E-state index in [-0.39, 0.29) is 16.3 Å². The van der Waals surface area contributed by atoms with Crippen LogP contribution in [0.2, 0.25) is 5.02 Å². The average Bonchev–Trinajstić information content (AvgIpc) is 2.11. The Kier molecular flexibility index (Phi) is 5.14. The number of rotatable bonds is 0. The van der Waals surface area contributed by atoms with Crippen molar-refractivity contribution in [3.8, 4) is 0 Å². The van der Waals surface area contributed by atoms with Crippen LogP contribution < -0.4 is 0 Å². The minimum atomic E-state index is -0.357. The normalized spacial score (nSPS) is 10.5. The van der Waals surface area contributed by atoms with Crippen LogP contribution in [0.15, 0.2) is 18.2 Å². The highest BCUT2D eigenvalue weighted by Crippen LogP contribution is 2.26. The van der Waals surface area contributed by atoms with Crippen molar-refractivity contribution in [3.05, 3.63) is 34.6 Å². The lowest BCUT2D eigenvalue weighted by atomic mass is 9.87. The summed E-state index contributed by atoms with van der Waals surface area (Å²) in [5.74, 6) is -0.357. The van der Waals surface area contributed by atoms with E-state index in [1.807, 2.05) is 13.8 Å². The number of hydrogen-bond acceptors (Lipinski definition) is 0. The van der Waals surface area contributed by atoms with Gasteiger partial charge in [-0.1, -0.05) is 52.3 Å². The highest BCUT2D eigenvalue weighted by Gasteiger charge is 2.14. The Morgan fingerprint density at radius 2 is 1.64 bits per heavy atom. The minimum absolute atomic E-state index is 0.0251. The predicted molar refractivity (Wildman–Crippen MR) is 61.5 cm³/mol. The molecule has 1 aromatic carbocycles. The fourth-order valence-corrected chi connectivity index (χ4v) is 1.14. The molecule has 0 atom stereocenters. The van der Waals surface area contributed by atoms with Crippen molar-refractivity contribution in [1.29, 1.82) is 0 Å². The third kappa shape index (κ3) is 3.67. The van der Waals surface area contributed by atoms with Gasteiger partial charge in [-0.2, -0.15) is 0 Å². The molecule has 0 aliphatic rings. The van der Waals surface area contributed by atoms with Gasteiger partial charge in [-0.05, 0) is 23.1 Å². The molecule has 0 unspecified atom stereocenters. The van der Waals surface area contributed by atoms with Gasteiger partial charge in [0.05, 0.1) is 5.02 Å². The van der Waals surface area contributed by atoms with Crippen molar-refractivity contribution < 1.29 is 4.39 Å². The first kappa shape index (κ1) is 13.4. The molecule has 0 fully saturated rings. The van der Waals surface area contributed by atoms with Gasteiger partial charge in [-0.15, -0.1) is 0 Å². The first-order valence-corrected chi connectivity index (χ1v) is 5.24. The summed E-state index contributed by atoms with van der Waals surface area (Å²) in [5.41, 5.74) is 1.08. The van der Waals surface area contributed by atoms with E-state index >= 15 is 0 Å². The zero-order chi connectivity index (χ0) is 11.4. The molecule has 0 nitrogen and oxygen atoms in total. The van der Waals surface area contributed by atoms with Crippen molar-refractivity contribution in [2.24, 2.45) is 0 Å². The lowest BCUT2D eigenvalue weighted by Gasteiger charge is -2.18. The van der Waals surface area contributed by atoms with Crippen LogP contribution in [0.4, 0.5) is 4.39 Å². The largest absolute Gasteiger partial charge is 0.205 e. The molecule has 0 radical (unpaired) electrons. The Morgan fingerprint density at radius 1 is 1.14 bits per heavy atom. The van der Waals surface area contributed by atoms with E-state index < -0.39 is 0 Å². The van der Waals surface area contributed by atoms with Crippen LogP contribution in [0.3, 0.4) is 0 Å². The summed E-state index contributed by atoms with van der Waals surface area (Å²) >= 11 is 5.64. The van der Waals surface area contributed by atoms with E-state index in [1.165, 1.54) is 6.07 Å². The maximum Gasteiger partial charge on any atom is 0.141 e. The molecule has 2 heteroatoms. The van der Waals surface area contributed by atoms with Crippen molar-refractivity contribution in [1.82, 2.24) is 0 Å². The molecule has 0 heterocycles. The average molecular weight is 217 g/mol. The number of benzene rings is 1. The van der Waals surface area contributed by atoms with Crippen LogP contribution in [0.5, 0.6) is 0 Å². The molecule has 0 aliphatic carbocycles. The Morgan fingerprint density at radius 3 is 2.00 bits per heavy atom. The quantitative estimate of drug-likeness (QED) is 0.584. The van der Waals surface area contributed by atoms with Gasteiger partial charge in [0, 0.05) is 0 Å². The van der Waals surface area contributed by atoms with E-state index in [0.717, 1.165) is 5.56 Å². The van der Waals surface area contributed by atoms with Crippen LogP contribution >= 0.6 is 11.6 Å². The smallest absolute Gasteiger partial charge is 0.141 e. The molecular formula is C12H18ClF. The van der Waals surface area contributed by atoms with Gasteiger partial charge in [-0.25, -0.2) is 4.39 Å². The Balaban J connectivity index is 0.000000791. The van der Waals surface area contributed by atoms with E-state index in [1.54, 1.807) is 12.1 Å². The Hall–Kier alpha value is -0.560. The number of halogens is 2. The van der Waals surface area contributed by atoms with Gasteiger partial charge in [0.2, 0.25) is 0 Å². The monoisotopic (exact) mass is 216 g/mol. The summed E-state index contributed by atoms with van der Waals surface area (Å²) in [4.78, 5) is 0. The van der Waals surface area contributed by atoms with Crippen molar-refractivity contribution in [3.63, 3.8) is 0 Å². The Bertz CT molecular complexity index is 287. The van der Waals surface area contributed by atoms with Gasteiger partial charge in [-0.3, -0.25) is 0 Å². The summed E-state index contributed by atoms with van der Waals surface area (Å²) < 4.78 is 12.8. The Labute approximate surface area is 91.1 Å². The molecule has 0 spiro atoms. The highest BCUT2D eigenvalue weighted by atomic mass is 35.5. The zero-order valence-electron chi connectivity index (χ0n) is 9.49. The first-order chi connectivity index (χ1) is 6.41. The number of hydrogen-bond donors (Lipinski definition) is 0. The van der Waals surface area contributed by atoms with Crippen LogP contribution in [-0.4, -0.2) is 0 Å². The highest BCUT2D eigenvalue weighted by molar-refractivity contribution is 6.30. The molecule has 0 saturated carbocycles. The fraction of sp³-hybridized carbons (Fsp3) is 0.500. The summed E-state index contributed by atoms with van der Waals surface area (Å²) in [5, 5.41) is 0.197. The topological polar surface area (TPSA) is 0 Å². The van der Waals surface area contributed by atoms with Crippen LogP contribution in [0, 0.1) is 5.82 Å². The second-order valence-electron chi connectivity index (χ2n) is 3.88. The minimum Gasteiger partial charge on any atom is -0.205 e. The molecule has 1 aromatic rings. The van der Waals surface area contributed by atoms with E-state index in [9.17, 15) is 4.39 Å². The van der Waals surface area contributed by atoms with Gasteiger partial charge < -0.3 is 0 Å². The summed E-state index contributed by atoms with van der Waals surface area (Å²) in [6.07, 6.45) is 0. The van der Waals surface area contributed by atoms with Crippen molar-refractivity contribution in [2.75, 3.05) is 0 Å². The van der Waals surface area contributed by atoms with E-state index in [2.05, 4.69) is 20.8 Å². The third-order valence-corrected chi connectivity index (χ3v) is 2.08. The second-order valence-corrected chi connectivity index (χ2v) is 4.29. The SMILES string of the molecule is CC.CC(C)(C)c1ccc(F)c(Cl)c1. The molecule has 0 aliphatic heterocycles. The zero-order valence-corrected chi connectivity index (χ0v) is 10.2. The van der Waals surface area contributed by atoms with Gasteiger partial charge in [0.1, 0.15) is 5.82 Å². The van der Waals surface area contributed by atoms with Crippen LogP contribution in [0.1, 0.15) is 40.2 Å². The molecule has 1 rings (SSSR count). The van der Waals surface area contributed by atoms with Crippen LogP contribution in [-0.2, 0) is 5.41 Å². The third-order valence-electron chi connectivity index (χ3n) is 1.79. The molecule has 14 heavy (non-hydrogen) atoms. The van der Waals surface area contributed by atoms with Crippen LogP contribution in [0.25, 0.3) is 0 Å². The van der Waals surface area contributed by atoms with Gasteiger partial charge in [0.25, 0.3) is 0 Å². The summed E-state index contributed by atoms with van der Waals surface area (Å²) in [6, 6.07) is 4.85. The summed E-state index contributed by atoms with van der Waals surface area (Å²) in [6.45, 7) is 10.2. The van der Waals surface area contributed by atoms with Gasteiger partial charge in [0.15, 0.2) is 0 Å². The first-order valence-electron chi connectivity index (χ1n) is 4.87. The lowest BCUT2D eigenvalue weighted by molar-refractivity contribution is 0.583. The molecule has 0 bridgehead atoms. The molecular weight excluding hydrogens is 199 g/mol. The standard InChI is InChI=1S/C10H12ClF.C2H6/c1-10(2,3)7-4-5-9(12)8(11)6-7;1-2/h4-6H,1-3H3;1-2H3. The maximum absolute atomic E-state index is 12.8. The summed E-state index contributed by atoms with van der Waals surface area (Å²) in [7, 11) is 0. The molecule has 0 N–H and O–H groups in total. The van der Waals surface area contributed by atoms with E-state index in [0.29, 0.717) is 0 Å². The molecule has 0 amide bonds. The van der Waals surface area contributed by atoms with E-state index in [4.69, 9.17) is 11.6 Å². The fourth-order valence-electron chi connectivity index (χ4n) is 0.963. The van der Waals surface area contributed by atoms with Crippen molar-refractivity contribution >= 4 is 11.6 Å². The molecule has 0 saturated heterocycles. The lowest BCUT2D eigenvalue weighted by Crippen LogP contribution is -2.10. The van der Waals surface area contributed by atoms with Crippen molar-refractivity contribution in [2.45, 2.75) is 40.0 Å². The predicted octanol–water partition coefficient (Wildman–Crippen LogP) is 4.80. The van der Waals surface area contributed by atoms with Gasteiger partial charge >= 0.3 is 0 Å². The second kappa shape index (κ2) is 5.35. The maximum atomic E-state index is 12.8. The molecule has 0 aromatic heterocycles.